The van der Waals surface area contributed by atoms with Crippen LogP contribution in [0.2, 0.25) is 0 Å². The number of methoxy groups -OCH3 is 1. The number of carbonyl (C=O) groups excluding carboxylic acids is 1. The fourth-order valence-corrected chi connectivity index (χ4v) is 0.989. The maximum absolute atomic E-state index is 11.0. The van der Waals surface area contributed by atoms with E-state index in [0.717, 1.165) is 0 Å². The number of hydrogen-bond acceptors (Lipinski definition) is 4. The average Bonchev–Trinajstić information content (AvgIpc) is 2.27. The summed E-state index contributed by atoms with van der Waals surface area (Å²) in [5.41, 5.74) is 0.750. The van der Waals surface area contributed by atoms with Gasteiger partial charge in [0.2, 0.25) is 0 Å². The Labute approximate surface area is 86.1 Å². The summed E-state index contributed by atoms with van der Waals surface area (Å²) in [5, 5.41) is 7.71. The van der Waals surface area contributed by atoms with Crippen molar-refractivity contribution in [1.82, 2.24) is 4.98 Å². The number of halogens is 1. The van der Waals surface area contributed by atoms with Crippen molar-refractivity contribution >= 4 is 17.6 Å². The monoisotopic (exact) mass is 210 g/mol. The summed E-state index contributed by atoms with van der Waals surface area (Å²) in [6, 6.07) is 4.87. The van der Waals surface area contributed by atoms with E-state index in [2.05, 4.69) is 9.72 Å². The number of ether oxygens (including phenoxy) is 1. The number of esters is 1. The minimum Gasteiger partial charge on any atom is -0.465 e. The first kappa shape index (κ1) is 10.5. The van der Waals surface area contributed by atoms with Crippen molar-refractivity contribution in [2.75, 3.05) is 7.11 Å². The highest BCUT2D eigenvalue weighted by atomic mass is 35.5. The highest BCUT2D eigenvalue weighted by Gasteiger charge is 2.10. The zero-order chi connectivity index (χ0) is 10.6. The van der Waals surface area contributed by atoms with E-state index < -0.39 is 11.3 Å². The maximum Gasteiger partial charge on any atom is 0.339 e. The van der Waals surface area contributed by atoms with Gasteiger partial charge < -0.3 is 4.74 Å². The third kappa shape index (κ3) is 2.21. The van der Waals surface area contributed by atoms with E-state index >= 15 is 0 Å². The molecule has 0 spiro atoms. The molecular formula is C9H7ClN2O2. The fraction of sp³-hybridized carbons (Fsp3) is 0.222. The largest absolute Gasteiger partial charge is 0.465 e. The Morgan fingerprint density at radius 2 is 2.43 bits per heavy atom. The first-order valence-electron chi connectivity index (χ1n) is 3.77. The molecule has 1 aromatic heterocycles. The number of alkyl halides is 1. The van der Waals surface area contributed by atoms with Crippen LogP contribution in [0.5, 0.6) is 0 Å². The molecule has 0 N–H and O–H groups in total. The highest BCUT2D eigenvalue weighted by Crippen LogP contribution is 2.16. The maximum atomic E-state index is 11.0. The van der Waals surface area contributed by atoms with Crippen LogP contribution in [0.1, 0.15) is 21.4 Å². The molecule has 0 aliphatic heterocycles. The number of aromatic nitrogens is 1. The van der Waals surface area contributed by atoms with Crippen LogP contribution in [-0.2, 0) is 4.74 Å². The van der Waals surface area contributed by atoms with Crippen LogP contribution < -0.4 is 0 Å². The van der Waals surface area contributed by atoms with E-state index in [9.17, 15) is 4.79 Å². The van der Waals surface area contributed by atoms with Crippen molar-refractivity contribution < 1.29 is 9.53 Å². The van der Waals surface area contributed by atoms with Gasteiger partial charge >= 0.3 is 5.97 Å². The van der Waals surface area contributed by atoms with Crippen molar-refractivity contribution in [3.8, 4) is 6.07 Å². The SMILES string of the molecule is COC(=O)c1ccc(C(Cl)C#N)nc1. The predicted octanol–water partition coefficient (Wildman–Crippen LogP) is 1.67. The number of pyridine rings is 1. The fourth-order valence-electron chi connectivity index (χ4n) is 0.860. The van der Waals surface area contributed by atoms with Gasteiger partial charge in [-0.05, 0) is 12.1 Å². The molecule has 0 bridgehead atoms. The summed E-state index contributed by atoms with van der Waals surface area (Å²) in [6.07, 6.45) is 1.33. The average molecular weight is 211 g/mol. The van der Waals surface area contributed by atoms with Crippen LogP contribution in [0.4, 0.5) is 0 Å². The van der Waals surface area contributed by atoms with E-state index in [1.54, 1.807) is 0 Å². The Kier molecular flexibility index (Phi) is 3.43. The summed E-state index contributed by atoms with van der Waals surface area (Å²) in [4.78, 5) is 14.9. The lowest BCUT2D eigenvalue weighted by molar-refractivity contribution is 0.0600. The van der Waals surface area contributed by atoms with Gasteiger partial charge in [-0.15, -0.1) is 0 Å². The van der Waals surface area contributed by atoms with Gasteiger partial charge in [0.05, 0.1) is 24.4 Å². The Bertz CT molecular complexity index is 369. The molecule has 14 heavy (non-hydrogen) atoms. The number of carbonyl (C=O) groups is 1. The molecule has 1 atom stereocenters. The first-order valence-corrected chi connectivity index (χ1v) is 4.20. The number of nitriles is 1. The van der Waals surface area contributed by atoms with Gasteiger partial charge in [0.15, 0.2) is 5.38 Å². The number of rotatable bonds is 2. The van der Waals surface area contributed by atoms with Gasteiger partial charge in [-0.1, -0.05) is 11.6 Å². The van der Waals surface area contributed by atoms with Gasteiger partial charge in [0.1, 0.15) is 0 Å². The molecule has 0 saturated heterocycles. The van der Waals surface area contributed by atoms with Gasteiger partial charge in [-0.2, -0.15) is 5.26 Å². The van der Waals surface area contributed by atoms with E-state index in [1.807, 2.05) is 6.07 Å². The van der Waals surface area contributed by atoms with E-state index in [4.69, 9.17) is 16.9 Å². The third-order valence-corrected chi connectivity index (χ3v) is 1.90. The second-order valence-corrected chi connectivity index (χ2v) is 2.89. The molecular weight excluding hydrogens is 204 g/mol. The molecule has 0 amide bonds. The smallest absolute Gasteiger partial charge is 0.339 e. The lowest BCUT2D eigenvalue weighted by Gasteiger charge is -2.01. The van der Waals surface area contributed by atoms with Crippen molar-refractivity contribution in [3.63, 3.8) is 0 Å². The summed E-state index contributed by atoms with van der Waals surface area (Å²) in [5.74, 6) is -0.466. The van der Waals surface area contributed by atoms with Gasteiger partial charge in [0, 0.05) is 6.20 Å². The minimum absolute atomic E-state index is 0.332. The second-order valence-electron chi connectivity index (χ2n) is 2.45. The van der Waals surface area contributed by atoms with Crippen molar-refractivity contribution in [2.24, 2.45) is 0 Å². The summed E-state index contributed by atoms with van der Waals surface area (Å²) >= 11 is 5.62. The third-order valence-electron chi connectivity index (χ3n) is 1.58. The lowest BCUT2D eigenvalue weighted by Crippen LogP contribution is -2.02. The quantitative estimate of drug-likeness (QED) is 0.550. The highest BCUT2D eigenvalue weighted by molar-refractivity contribution is 6.22. The molecule has 1 unspecified atom stereocenters. The van der Waals surface area contributed by atoms with Gasteiger partial charge in [0.25, 0.3) is 0 Å². The Morgan fingerprint density at radius 1 is 1.71 bits per heavy atom. The van der Waals surface area contributed by atoms with Crippen molar-refractivity contribution in [2.45, 2.75) is 5.38 Å². The van der Waals surface area contributed by atoms with Gasteiger partial charge in [-0.25, -0.2) is 4.79 Å². The van der Waals surface area contributed by atoms with Crippen LogP contribution in [0.15, 0.2) is 18.3 Å². The molecule has 1 aromatic rings. The zero-order valence-corrected chi connectivity index (χ0v) is 8.15. The molecule has 72 valence electrons. The zero-order valence-electron chi connectivity index (χ0n) is 7.40. The molecule has 1 heterocycles. The van der Waals surface area contributed by atoms with E-state index in [-0.39, 0.29) is 0 Å². The summed E-state index contributed by atoms with van der Waals surface area (Å²) in [7, 11) is 1.29. The lowest BCUT2D eigenvalue weighted by atomic mass is 10.2. The molecule has 0 saturated carbocycles. The van der Waals surface area contributed by atoms with Crippen LogP contribution >= 0.6 is 11.6 Å². The topological polar surface area (TPSA) is 63.0 Å². The van der Waals surface area contributed by atoms with Crippen molar-refractivity contribution in [1.29, 1.82) is 5.26 Å². The number of nitrogens with zero attached hydrogens (tertiary/aromatic N) is 2. The minimum atomic E-state index is -0.790. The first-order chi connectivity index (χ1) is 6.69. The second kappa shape index (κ2) is 4.58. The predicted molar refractivity (Wildman–Crippen MR) is 49.8 cm³/mol. The van der Waals surface area contributed by atoms with E-state index in [1.165, 1.54) is 25.4 Å². The molecule has 4 nitrogen and oxygen atoms in total. The molecule has 0 aromatic carbocycles. The number of hydrogen-bond donors (Lipinski definition) is 0. The normalized spacial score (nSPS) is 11.5. The van der Waals surface area contributed by atoms with Crippen LogP contribution in [0.3, 0.4) is 0 Å². The molecule has 0 aliphatic carbocycles. The Balaban J connectivity index is 2.90. The molecule has 0 aliphatic rings. The standard InChI is InChI=1S/C9H7ClN2O2/c1-14-9(13)6-2-3-8(12-5-6)7(10)4-11/h2-3,5,7H,1H3. The summed E-state index contributed by atoms with van der Waals surface area (Å²) < 4.78 is 4.49. The molecule has 1 rings (SSSR count). The molecule has 0 fully saturated rings. The van der Waals surface area contributed by atoms with Crippen molar-refractivity contribution in [3.05, 3.63) is 29.6 Å². The molecule has 5 heteroatoms. The Hall–Kier alpha value is -1.60. The van der Waals surface area contributed by atoms with Crippen LogP contribution in [0.25, 0.3) is 0 Å². The van der Waals surface area contributed by atoms with E-state index in [0.29, 0.717) is 11.3 Å². The van der Waals surface area contributed by atoms with Crippen LogP contribution in [-0.4, -0.2) is 18.1 Å². The summed E-state index contributed by atoms with van der Waals surface area (Å²) in [6.45, 7) is 0. The van der Waals surface area contributed by atoms with Gasteiger partial charge in [-0.3, -0.25) is 4.98 Å². The molecule has 0 radical (unpaired) electrons. The van der Waals surface area contributed by atoms with Crippen LogP contribution in [0, 0.1) is 11.3 Å². The Morgan fingerprint density at radius 3 is 2.86 bits per heavy atom.